The van der Waals surface area contributed by atoms with Gasteiger partial charge in [0.15, 0.2) is 0 Å². The van der Waals surface area contributed by atoms with E-state index in [1.54, 1.807) is 24.3 Å². The van der Waals surface area contributed by atoms with Gasteiger partial charge in [-0.05, 0) is 30.5 Å². The molecule has 1 fully saturated rings. The number of ether oxygens (including phenoxy) is 1. The number of hydrogen-bond acceptors (Lipinski definition) is 4. The highest BCUT2D eigenvalue weighted by atomic mass is 32.2. The van der Waals surface area contributed by atoms with E-state index >= 15 is 0 Å². The summed E-state index contributed by atoms with van der Waals surface area (Å²) in [6, 6.07) is 6.16. The molecular formula is C13H18N2O4S. The highest BCUT2D eigenvalue weighted by Gasteiger charge is 2.37. The molecule has 1 saturated heterocycles. The molecule has 0 aliphatic carbocycles. The number of benzene rings is 1. The van der Waals surface area contributed by atoms with Gasteiger partial charge in [0, 0.05) is 6.54 Å². The average molecular weight is 298 g/mol. The van der Waals surface area contributed by atoms with Gasteiger partial charge in [0.25, 0.3) is 0 Å². The van der Waals surface area contributed by atoms with E-state index in [0.29, 0.717) is 30.7 Å². The quantitative estimate of drug-likeness (QED) is 0.856. The molecule has 7 heteroatoms. The van der Waals surface area contributed by atoms with Crippen molar-refractivity contribution in [1.29, 1.82) is 0 Å². The summed E-state index contributed by atoms with van der Waals surface area (Å²) in [5.41, 5.74) is 5.88. The molecule has 0 bridgehead atoms. The Morgan fingerprint density at radius 3 is 2.90 bits per heavy atom. The fourth-order valence-electron chi connectivity index (χ4n) is 2.41. The minimum atomic E-state index is -3.56. The molecule has 0 aromatic heterocycles. The molecule has 1 amide bonds. The first-order chi connectivity index (χ1) is 9.44. The Morgan fingerprint density at radius 1 is 1.50 bits per heavy atom. The van der Waals surface area contributed by atoms with Crippen LogP contribution in [0.3, 0.4) is 0 Å². The van der Waals surface area contributed by atoms with Crippen LogP contribution in [-0.2, 0) is 20.6 Å². The van der Waals surface area contributed by atoms with Crippen molar-refractivity contribution < 1.29 is 17.9 Å². The zero-order valence-electron chi connectivity index (χ0n) is 11.3. The Bertz CT molecular complexity index is 600. The van der Waals surface area contributed by atoms with Crippen LogP contribution in [0.5, 0.6) is 5.75 Å². The summed E-state index contributed by atoms with van der Waals surface area (Å²) in [5.74, 6) is -0.143. The number of primary amides is 1. The third-order valence-electron chi connectivity index (χ3n) is 3.37. The molecule has 1 unspecified atom stereocenters. The number of nitrogens with two attached hydrogens (primary N) is 1. The van der Waals surface area contributed by atoms with Gasteiger partial charge in [-0.2, -0.15) is 4.31 Å². The normalized spacial score (nSPS) is 19.9. The molecule has 1 aliphatic rings. The van der Waals surface area contributed by atoms with Crippen LogP contribution in [0.1, 0.15) is 18.4 Å². The summed E-state index contributed by atoms with van der Waals surface area (Å²) >= 11 is 0. The number of sulfonamides is 1. The molecule has 1 aromatic carbocycles. The first-order valence-electron chi connectivity index (χ1n) is 6.36. The number of carbonyl (C=O) groups excluding carboxylic acids is 1. The molecule has 0 radical (unpaired) electrons. The van der Waals surface area contributed by atoms with Gasteiger partial charge in [-0.15, -0.1) is 0 Å². The molecular weight excluding hydrogens is 280 g/mol. The molecule has 1 heterocycles. The van der Waals surface area contributed by atoms with Gasteiger partial charge < -0.3 is 10.5 Å². The average Bonchev–Trinajstić information content (AvgIpc) is 2.88. The lowest BCUT2D eigenvalue weighted by atomic mass is 10.2. The number of amides is 1. The molecule has 1 aliphatic heterocycles. The standard InChI is InChI=1S/C13H18N2O4S/c1-19-11-5-2-4-10(8-11)9-20(17,18)15-7-3-6-12(15)13(14)16/h2,4-5,8,12H,3,6-7,9H2,1H3,(H2,14,16). The summed E-state index contributed by atoms with van der Waals surface area (Å²) in [5, 5.41) is 0. The maximum Gasteiger partial charge on any atom is 0.235 e. The van der Waals surface area contributed by atoms with Crippen LogP contribution in [0.2, 0.25) is 0 Å². The number of hydrogen-bond donors (Lipinski definition) is 1. The number of nitrogens with zero attached hydrogens (tertiary/aromatic N) is 1. The van der Waals surface area contributed by atoms with E-state index in [9.17, 15) is 13.2 Å². The Morgan fingerprint density at radius 2 is 2.25 bits per heavy atom. The van der Waals surface area contributed by atoms with Crippen LogP contribution in [0.25, 0.3) is 0 Å². The molecule has 0 spiro atoms. The van der Waals surface area contributed by atoms with E-state index in [-0.39, 0.29) is 5.75 Å². The van der Waals surface area contributed by atoms with Crippen molar-refractivity contribution in [2.45, 2.75) is 24.6 Å². The van der Waals surface area contributed by atoms with Gasteiger partial charge in [-0.25, -0.2) is 8.42 Å². The van der Waals surface area contributed by atoms with Crippen LogP contribution >= 0.6 is 0 Å². The van der Waals surface area contributed by atoms with Crippen LogP contribution in [0, 0.1) is 0 Å². The predicted octanol–water partition coefficient (Wildman–Crippen LogP) is 0.475. The van der Waals surface area contributed by atoms with Crippen molar-refractivity contribution in [3.8, 4) is 5.75 Å². The second-order valence-corrected chi connectivity index (χ2v) is 6.70. The molecule has 2 N–H and O–H groups in total. The SMILES string of the molecule is COc1cccc(CS(=O)(=O)N2CCCC2C(N)=O)c1. The molecule has 0 saturated carbocycles. The van der Waals surface area contributed by atoms with E-state index in [0.717, 1.165) is 0 Å². The molecule has 6 nitrogen and oxygen atoms in total. The van der Waals surface area contributed by atoms with Crippen molar-refractivity contribution in [2.24, 2.45) is 5.73 Å². The van der Waals surface area contributed by atoms with Gasteiger partial charge >= 0.3 is 0 Å². The lowest BCUT2D eigenvalue weighted by molar-refractivity contribution is -0.121. The lowest BCUT2D eigenvalue weighted by Gasteiger charge is -2.21. The van der Waals surface area contributed by atoms with Crippen molar-refractivity contribution in [3.05, 3.63) is 29.8 Å². The first kappa shape index (κ1) is 14.8. The molecule has 1 atom stereocenters. The third-order valence-corrected chi connectivity index (χ3v) is 5.22. The highest BCUT2D eigenvalue weighted by Crippen LogP contribution is 2.24. The first-order valence-corrected chi connectivity index (χ1v) is 7.97. The fraction of sp³-hybridized carbons (Fsp3) is 0.462. The summed E-state index contributed by atoms with van der Waals surface area (Å²) < 4.78 is 31.1. The fourth-order valence-corrected chi connectivity index (χ4v) is 4.18. The minimum Gasteiger partial charge on any atom is -0.497 e. The molecule has 110 valence electrons. The topological polar surface area (TPSA) is 89.7 Å². The number of rotatable bonds is 5. The zero-order chi connectivity index (χ0) is 14.8. The van der Waals surface area contributed by atoms with E-state index < -0.39 is 22.0 Å². The Hall–Kier alpha value is -1.60. The van der Waals surface area contributed by atoms with Gasteiger partial charge in [-0.3, -0.25) is 4.79 Å². The second-order valence-electron chi connectivity index (χ2n) is 4.78. The zero-order valence-corrected chi connectivity index (χ0v) is 12.1. The Labute approximate surface area is 118 Å². The van der Waals surface area contributed by atoms with E-state index in [1.807, 2.05) is 0 Å². The van der Waals surface area contributed by atoms with Crippen LogP contribution < -0.4 is 10.5 Å². The molecule has 1 aromatic rings. The lowest BCUT2D eigenvalue weighted by Crippen LogP contribution is -2.44. The minimum absolute atomic E-state index is 0.159. The van der Waals surface area contributed by atoms with Gasteiger partial charge in [0.2, 0.25) is 15.9 Å². The maximum atomic E-state index is 12.4. The second kappa shape index (κ2) is 5.80. The van der Waals surface area contributed by atoms with E-state index in [1.165, 1.54) is 11.4 Å². The van der Waals surface area contributed by atoms with Crippen molar-refractivity contribution in [3.63, 3.8) is 0 Å². The summed E-state index contributed by atoms with van der Waals surface area (Å²) in [6.07, 6.45) is 1.15. The molecule has 2 rings (SSSR count). The van der Waals surface area contributed by atoms with Gasteiger partial charge in [-0.1, -0.05) is 12.1 Å². The largest absolute Gasteiger partial charge is 0.497 e. The predicted molar refractivity (Wildman–Crippen MR) is 74.5 cm³/mol. The monoisotopic (exact) mass is 298 g/mol. The van der Waals surface area contributed by atoms with E-state index in [2.05, 4.69) is 0 Å². The van der Waals surface area contributed by atoms with Crippen LogP contribution in [0.4, 0.5) is 0 Å². The van der Waals surface area contributed by atoms with Crippen molar-refractivity contribution in [2.75, 3.05) is 13.7 Å². The Kier molecular flexibility index (Phi) is 4.29. The van der Waals surface area contributed by atoms with Crippen LogP contribution in [-0.4, -0.2) is 38.3 Å². The van der Waals surface area contributed by atoms with Gasteiger partial charge in [0.1, 0.15) is 11.8 Å². The van der Waals surface area contributed by atoms with E-state index in [4.69, 9.17) is 10.5 Å². The molecule has 20 heavy (non-hydrogen) atoms. The van der Waals surface area contributed by atoms with Crippen molar-refractivity contribution in [1.82, 2.24) is 4.31 Å². The smallest absolute Gasteiger partial charge is 0.235 e. The summed E-state index contributed by atoms with van der Waals surface area (Å²) in [7, 11) is -2.03. The summed E-state index contributed by atoms with van der Waals surface area (Å²) in [4.78, 5) is 11.3. The number of carbonyl (C=O) groups is 1. The van der Waals surface area contributed by atoms with Crippen LogP contribution in [0.15, 0.2) is 24.3 Å². The highest BCUT2D eigenvalue weighted by molar-refractivity contribution is 7.88. The Balaban J connectivity index is 2.20. The van der Waals surface area contributed by atoms with Gasteiger partial charge in [0.05, 0.1) is 12.9 Å². The third kappa shape index (κ3) is 3.10. The number of methoxy groups -OCH3 is 1. The summed E-state index contributed by atoms with van der Waals surface area (Å²) in [6.45, 7) is 0.347. The van der Waals surface area contributed by atoms with Crippen molar-refractivity contribution >= 4 is 15.9 Å². The maximum absolute atomic E-state index is 12.4.